The molecule has 1 heterocycles. The van der Waals surface area contributed by atoms with E-state index in [1.807, 2.05) is 26.8 Å². The second-order valence-electron chi connectivity index (χ2n) is 5.01. The predicted molar refractivity (Wildman–Crippen MR) is 74.5 cm³/mol. The van der Waals surface area contributed by atoms with Crippen molar-refractivity contribution in [3.8, 4) is 0 Å². The minimum atomic E-state index is -0.842. The summed E-state index contributed by atoms with van der Waals surface area (Å²) in [6, 6.07) is 5.67. The number of hydrogen-bond acceptors (Lipinski definition) is 3. The molecule has 2 rings (SSSR count). The predicted octanol–water partition coefficient (Wildman–Crippen LogP) is 3.80. The third-order valence-corrected chi connectivity index (χ3v) is 2.85. The fourth-order valence-electron chi connectivity index (χ4n) is 1.78. The van der Waals surface area contributed by atoms with E-state index in [0.29, 0.717) is 17.9 Å². The third-order valence-electron chi connectivity index (χ3n) is 2.85. The Morgan fingerprint density at radius 3 is 2.50 bits per heavy atom. The van der Waals surface area contributed by atoms with Crippen molar-refractivity contribution in [2.45, 2.75) is 33.2 Å². The van der Waals surface area contributed by atoms with Gasteiger partial charge in [-0.25, -0.2) is 18.7 Å². The molecule has 1 aromatic carbocycles. The van der Waals surface area contributed by atoms with Crippen molar-refractivity contribution in [2.24, 2.45) is 0 Å². The number of benzene rings is 1. The SMILES string of the molecule is Cc1cc(NCc2ccc(F)c(F)c2)nc(C(C)C)n1. The highest BCUT2D eigenvalue weighted by Gasteiger charge is 2.07. The maximum Gasteiger partial charge on any atom is 0.159 e. The highest BCUT2D eigenvalue weighted by atomic mass is 19.2. The molecule has 1 aromatic heterocycles. The molecular weight excluding hydrogens is 260 g/mol. The fraction of sp³-hybridized carbons (Fsp3) is 0.333. The van der Waals surface area contributed by atoms with Gasteiger partial charge in [0.05, 0.1) is 0 Å². The van der Waals surface area contributed by atoms with Gasteiger partial charge in [-0.3, -0.25) is 0 Å². The maximum absolute atomic E-state index is 13.1. The van der Waals surface area contributed by atoms with E-state index in [1.165, 1.54) is 6.07 Å². The van der Waals surface area contributed by atoms with Crippen molar-refractivity contribution in [2.75, 3.05) is 5.32 Å². The van der Waals surface area contributed by atoms with Crippen LogP contribution >= 0.6 is 0 Å². The summed E-state index contributed by atoms with van der Waals surface area (Å²) < 4.78 is 26.0. The number of halogens is 2. The molecule has 0 atom stereocenters. The van der Waals surface area contributed by atoms with Gasteiger partial charge in [-0.1, -0.05) is 19.9 Å². The van der Waals surface area contributed by atoms with Crippen LogP contribution in [-0.4, -0.2) is 9.97 Å². The molecule has 2 aromatic rings. The van der Waals surface area contributed by atoms with Gasteiger partial charge in [-0.2, -0.15) is 0 Å². The zero-order valence-corrected chi connectivity index (χ0v) is 11.7. The Bertz CT molecular complexity index is 612. The van der Waals surface area contributed by atoms with Gasteiger partial charge in [0.1, 0.15) is 11.6 Å². The van der Waals surface area contributed by atoms with Gasteiger partial charge in [-0.15, -0.1) is 0 Å². The van der Waals surface area contributed by atoms with Gasteiger partial charge in [0.2, 0.25) is 0 Å². The smallest absolute Gasteiger partial charge is 0.159 e. The van der Waals surface area contributed by atoms with Gasteiger partial charge in [0.25, 0.3) is 0 Å². The lowest BCUT2D eigenvalue weighted by molar-refractivity contribution is 0.507. The maximum atomic E-state index is 13.1. The normalized spacial score (nSPS) is 10.9. The number of rotatable bonds is 4. The summed E-state index contributed by atoms with van der Waals surface area (Å²) >= 11 is 0. The summed E-state index contributed by atoms with van der Waals surface area (Å²) in [5.74, 6) is 0.00203. The Balaban J connectivity index is 2.12. The molecule has 0 aliphatic heterocycles. The van der Waals surface area contributed by atoms with Gasteiger partial charge in [0.15, 0.2) is 11.6 Å². The van der Waals surface area contributed by atoms with Crippen molar-refractivity contribution in [3.63, 3.8) is 0 Å². The van der Waals surface area contributed by atoms with Crippen molar-refractivity contribution in [3.05, 3.63) is 53.0 Å². The first-order valence-electron chi connectivity index (χ1n) is 6.49. The number of anilines is 1. The van der Waals surface area contributed by atoms with Gasteiger partial charge in [-0.05, 0) is 24.6 Å². The standard InChI is InChI=1S/C15H17F2N3/c1-9(2)15-19-10(3)6-14(20-15)18-8-11-4-5-12(16)13(17)7-11/h4-7,9H,8H2,1-3H3,(H,18,19,20). The molecule has 0 radical (unpaired) electrons. The lowest BCUT2D eigenvalue weighted by Crippen LogP contribution is -2.07. The van der Waals surface area contributed by atoms with E-state index in [9.17, 15) is 8.78 Å². The number of aromatic nitrogens is 2. The highest BCUT2D eigenvalue weighted by Crippen LogP contribution is 2.15. The second kappa shape index (κ2) is 5.94. The van der Waals surface area contributed by atoms with Crippen LogP contribution in [0.25, 0.3) is 0 Å². The van der Waals surface area contributed by atoms with Crippen LogP contribution in [0.1, 0.15) is 36.8 Å². The van der Waals surface area contributed by atoms with Crippen molar-refractivity contribution in [1.82, 2.24) is 9.97 Å². The Kier molecular flexibility index (Phi) is 4.27. The van der Waals surface area contributed by atoms with Crippen LogP contribution < -0.4 is 5.32 Å². The van der Waals surface area contributed by atoms with Crippen molar-refractivity contribution < 1.29 is 8.78 Å². The van der Waals surface area contributed by atoms with Gasteiger partial charge >= 0.3 is 0 Å². The van der Waals surface area contributed by atoms with Crippen LogP contribution in [0.15, 0.2) is 24.3 Å². The van der Waals surface area contributed by atoms with Crippen LogP contribution in [0.5, 0.6) is 0 Å². The monoisotopic (exact) mass is 277 g/mol. The van der Waals surface area contributed by atoms with Crippen LogP contribution in [0.4, 0.5) is 14.6 Å². The van der Waals surface area contributed by atoms with E-state index >= 15 is 0 Å². The average Bonchev–Trinajstić information content (AvgIpc) is 2.39. The minimum absolute atomic E-state index is 0.235. The van der Waals surface area contributed by atoms with Crippen LogP contribution in [0.3, 0.4) is 0 Å². The quantitative estimate of drug-likeness (QED) is 0.923. The van der Waals surface area contributed by atoms with E-state index in [-0.39, 0.29) is 5.92 Å². The molecule has 0 aliphatic carbocycles. The first kappa shape index (κ1) is 14.4. The molecule has 0 bridgehead atoms. The molecule has 106 valence electrons. The lowest BCUT2D eigenvalue weighted by Gasteiger charge is -2.10. The van der Waals surface area contributed by atoms with E-state index in [4.69, 9.17) is 0 Å². The van der Waals surface area contributed by atoms with Crippen LogP contribution in [0.2, 0.25) is 0 Å². The third kappa shape index (κ3) is 3.50. The van der Waals surface area contributed by atoms with Gasteiger partial charge < -0.3 is 5.32 Å². The summed E-state index contributed by atoms with van der Waals surface area (Å²) in [6.07, 6.45) is 0. The minimum Gasteiger partial charge on any atom is -0.366 e. The molecule has 5 heteroatoms. The van der Waals surface area contributed by atoms with E-state index in [1.54, 1.807) is 6.07 Å². The highest BCUT2D eigenvalue weighted by molar-refractivity contribution is 5.37. The van der Waals surface area contributed by atoms with Crippen molar-refractivity contribution >= 4 is 5.82 Å². The number of aryl methyl sites for hydroxylation is 1. The molecule has 0 spiro atoms. The molecule has 20 heavy (non-hydrogen) atoms. The van der Waals surface area contributed by atoms with E-state index < -0.39 is 11.6 Å². The van der Waals surface area contributed by atoms with E-state index in [0.717, 1.165) is 17.6 Å². The Labute approximate surface area is 117 Å². The largest absolute Gasteiger partial charge is 0.366 e. The Morgan fingerprint density at radius 1 is 1.10 bits per heavy atom. The number of nitrogens with zero attached hydrogens (tertiary/aromatic N) is 2. The summed E-state index contributed by atoms with van der Waals surface area (Å²) in [4.78, 5) is 8.75. The molecule has 0 unspecified atom stereocenters. The number of hydrogen-bond donors (Lipinski definition) is 1. The topological polar surface area (TPSA) is 37.8 Å². The first-order chi connectivity index (χ1) is 9.45. The first-order valence-corrected chi connectivity index (χ1v) is 6.49. The van der Waals surface area contributed by atoms with Crippen LogP contribution in [0, 0.1) is 18.6 Å². The zero-order chi connectivity index (χ0) is 14.7. The summed E-state index contributed by atoms with van der Waals surface area (Å²) in [7, 11) is 0. The molecule has 3 nitrogen and oxygen atoms in total. The van der Waals surface area contributed by atoms with Crippen molar-refractivity contribution in [1.29, 1.82) is 0 Å². The summed E-state index contributed by atoms with van der Waals surface area (Å²) in [5, 5.41) is 3.10. The Hall–Kier alpha value is -2.04. The number of nitrogens with one attached hydrogen (secondary N) is 1. The lowest BCUT2D eigenvalue weighted by atomic mass is 10.2. The molecule has 0 saturated carbocycles. The molecule has 0 saturated heterocycles. The fourth-order valence-corrected chi connectivity index (χ4v) is 1.78. The van der Waals surface area contributed by atoms with E-state index in [2.05, 4.69) is 15.3 Å². The molecule has 0 amide bonds. The molecular formula is C15H17F2N3. The average molecular weight is 277 g/mol. The molecule has 1 N–H and O–H groups in total. The Morgan fingerprint density at radius 2 is 1.85 bits per heavy atom. The zero-order valence-electron chi connectivity index (χ0n) is 11.7. The molecule has 0 fully saturated rings. The summed E-state index contributed by atoms with van der Waals surface area (Å²) in [6.45, 7) is 6.32. The summed E-state index contributed by atoms with van der Waals surface area (Å²) in [5.41, 5.74) is 1.53. The van der Waals surface area contributed by atoms with Crippen LogP contribution in [-0.2, 0) is 6.54 Å². The molecule has 0 aliphatic rings. The second-order valence-corrected chi connectivity index (χ2v) is 5.01. The van der Waals surface area contributed by atoms with Gasteiger partial charge in [0, 0.05) is 24.2 Å².